The SMILES string of the molecule is COCCCn1c(C)cc(C(=O)COC(=O)[C@@H]2COc3ccc(Cl)cc3C2)c1C. The minimum Gasteiger partial charge on any atom is -0.492 e. The second kappa shape index (κ2) is 9.46. The number of nitrogens with zero attached hydrogens (tertiary/aromatic N) is 1. The van der Waals surface area contributed by atoms with E-state index in [0.717, 1.165) is 35.7 Å². The first-order valence-corrected chi connectivity index (χ1v) is 10.0. The zero-order valence-corrected chi connectivity index (χ0v) is 17.8. The van der Waals surface area contributed by atoms with E-state index in [2.05, 4.69) is 4.57 Å². The van der Waals surface area contributed by atoms with Crippen molar-refractivity contribution in [3.05, 3.63) is 51.8 Å². The van der Waals surface area contributed by atoms with E-state index in [1.807, 2.05) is 19.9 Å². The van der Waals surface area contributed by atoms with Crippen molar-refractivity contribution in [2.45, 2.75) is 33.2 Å². The van der Waals surface area contributed by atoms with Gasteiger partial charge in [-0.2, -0.15) is 0 Å². The topological polar surface area (TPSA) is 66.8 Å². The fourth-order valence-corrected chi connectivity index (χ4v) is 3.84. The van der Waals surface area contributed by atoms with Gasteiger partial charge in [0.25, 0.3) is 0 Å². The van der Waals surface area contributed by atoms with Crippen LogP contribution in [0.2, 0.25) is 5.02 Å². The van der Waals surface area contributed by atoms with Gasteiger partial charge in [0.05, 0.1) is 5.92 Å². The number of fused-ring (bicyclic) bond motifs is 1. The Morgan fingerprint density at radius 2 is 2.07 bits per heavy atom. The number of carbonyl (C=O) groups is 2. The molecular weight excluding hydrogens is 394 g/mol. The third-order valence-corrected chi connectivity index (χ3v) is 5.45. The molecule has 3 rings (SSSR count). The first-order valence-electron chi connectivity index (χ1n) is 9.67. The number of ketones is 1. The van der Waals surface area contributed by atoms with Gasteiger partial charge < -0.3 is 18.8 Å². The third-order valence-electron chi connectivity index (χ3n) is 5.21. The average molecular weight is 420 g/mol. The summed E-state index contributed by atoms with van der Waals surface area (Å²) < 4.78 is 18.1. The van der Waals surface area contributed by atoms with E-state index in [4.69, 9.17) is 25.8 Å². The van der Waals surface area contributed by atoms with Crippen molar-refractivity contribution < 1.29 is 23.8 Å². The van der Waals surface area contributed by atoms with Crippen molar-refractivity contribution in [1.82, 2.24) is 4.57 Å². The molecule has 0 N–H and O–H groups in total. The highest BCUT2D eigenvalue weighted by molar-refractivity contribution is 6.30. The van der Waals surface area contributed by atoms with Crippen molar-refractivity contribution in [2.24, 2.45) is 5.92 Å². The van der Waals surface area contributed by atoms with Gasteiger partial charge in [-0.3, -0.25) is 9.59 Å². The Labute approximate surface area is 175 Å². The van der Waals surface area contributed by atoms with Crippen molar-refractivity contribution in [1.29, 1.82) is 0 Å². The Bertz CT molecular complexity index is 905. The van der Waals surface area contributed by atoms with Crippen LogP contribution in [-0.2, 0) is 27.2 Å². The number of aromatic nitrogens is 1. The molecule has 0 saturated carbocycles. The second-order valence-electron chi connectivity index (χ2n) is 7.28. The van der Waals surface area contributed by atoms with Crippen LogP contribution in [0.3, 0.4) is 0 Å². The lowest BCUT2D eigenvalue weighted by Gasteiger charge is -2.24. The molecule has 1 aromatic carbocycles. The lowest BCUT2D eigenvalue weighted by atomic mass is 9.97. The zero-order chi connectivity index (χ0) is 21.0. The molecule has 1 aliphatic heterocycles. The average Bonchev–Trinajstić information content (AvgIpc) is 2.99. The summed E-state index contributed by atoms with van der Waals surface area (Å²) >= 11 is 6.02. The van der Waals surface area contributed by atoms with E-state index in [9.17, 15) is 9.59 Å². The Kier molecular flexibility index (Phi) is 6.98. The molecule has 0 fully saturated rings. The van der Waals surface area contributed by atoms with Crippen molar-refractivity contribution in [3.63, 3.8) is 0 Å². The number of Topliss-reactive ketones (excluding diaryl/α,β-unsaturated/α-hetero) is 1. The number of hydrogen-bond acceptors (Lipinski definition) is 5. The van der Waals surface area contributed by atoms with Crippen LogP contribution in [-0.4, -0.2) is 43.3 Å². The Hall–Kier alpha value is -2.31. The molecular formula is C22H26ClNO5. The monoisotopic (exact) mass is 419 g/mol. The highest BCUT2D eigenvalue weighted by Gasteiger charge is 2.28. The Morgan fingerprint density at radius 1 is 1.28 bits per heavy atom. The zero-order valence-electron chi connectivity index (χ0n) is 17.0. The molecule has 1 atom stereocenters. The third kappa shape index (κ3) is 5.00. The summed E-state index contributed by atoms with van der Waals surface area (Å²) in [6.07, 6.45) is 1.35. The summed E-state index contributed by atoms with van der Waals surface area (Å²) in [5.41, 5.74) is 3.34. The van der Waals surface area contributed by atoms with Gasteiger partial charge in [0.15, 0.2) is 6.61 Å². The number of hydrogen-bond donors (Lipinski definition) is 0. The number of esters is 1. The van der Waals surface area contributed by atoms with Gasteiger partial charge in [-0.05, 0) is 56.5 Å². The number of methoxy groups -OCH3 is 1. The normalized spacial score (nSPS) is 15.5. The predicted octanol–water partition coefficient (Wildman–Crippen LogP) is 3.77. The van der Waals surface area contributed by atoms with Crippen LogP contribution >= 0.6 is 11.6 Å². The number of benzene rings is 1. The summed E-state index contributed by atoms with van der Waals surface area (Å²) in [7, 11) is 1.67. The van der Waals surface area contributed by atoms with Crippen LogP contribution < -0.4 is 4.74 Å². The van der Waals surface area contributed by atoms with E-state index >= 15 is 0 Å². The van der Waals surface area contributed by atoms with E-state index in [1.54, 1.807) is 25.3 Å². The highest BCUT2D eigenvalue weighted by Crippen LogP contribution is 2.30. The number of carbonyl (C=O) groups excluding carboxylic acids is 2. The highest BCUT2D eigenvalue weighted by atomic mass is 35.5. The molecule has 156 valence electrons. The van der Waals surface area contributed by atoms with Crippen molar-refractivity contribution >= 4 is 23.4 Å². The molecule has 1 aliphatic rings. The van der Waals surface area contributed by atoms with Crippen LogP contribution in [0.5, 0.6) is 5.75 Å². The van der Waals surface area contributed by atoms with Gasteiger partial charge in [0.2, 0.25) is 5.78 Å². The molecule has 6 nitrogen and oxygen atoms in total. The molecule has 1 aromatic heterocycles. The minimum absolute atomic E-state index is 0.204. The molecule has 0 saturated heterocycles. The molecule has 0 unspecified atom stereocenters. The molecule has 0 radical (unpaired) electrons. The fraction of sp³-hybridized carbons (Fsp3) is 0.455. The number of rotatable bonds is 8. The van der Waals surface area contributed by atoms with Crippen LogP contribution in [0.1, 0.15) is 33.7 Å². The quantitative estimate of drug-likeness (QED) is 0.370. The molecule has 0 spiro atoms. The van der Waals surface area contributed by atoms with Crippen LogP contribution in [0.25, 0.3) is 0 Å². The molecule has 7 heteroatoms. The molecule has 0 amide bonds. The molecule has 2 heterocycles. The smallest absolute Gasteiger partial charge is 0.313 e. The summed E-state index contributed by atoms with van der Waals surface area (Å²) in [6, 6.07) is 7.19. The lowest BCUT2D eigenvalue weighted by molar-refractivity contribution is -0.148. The van der Waals surface area contributed by atoms with E-state index in [0.29, 0.717) is 23.6 Å². The molecule has 2 aromatic rings. The largest absolute Gasteiger partial charge is 0.492 e. The summed E-state index contributed by atoms with van der Waals surface area (Å²) in [6.45, 7) is 5.26. The van der Waals surface area contributed by atoms with E-state index in [1.165, 1.54) is 0 Å². The van der Waals surface area contributed by atoms with Gasteiger partial charge in [0, 0.05) is 42.2 Å². The first-order chi connectivity index (χ1) is 13.9. The Morgan fingerprint density at radius 3 is 2.83 bits per heavy atom. The predicted molar refractivity (Wildman–Crippen MR) is 110 cm³/mol. The van der Waals surface area contributed by atoms with Crippen LogP contribution in [0, 0.1) is 19.8 Å². The van der Waals surface area contributed by atoms with Crippen molar-refractivity contribution in [3.8, 4) is 5.75 Å². The van der Waals surface area contributed by atoms with Gasteiger partial charge in [-0.1, -0.05) is 11.6 Å². The summed E-state index contributed by atoms with van der Waals surface area (Å²) in [5.74, 6) is -0.354. The number of halogens is 1. The minimum atomic E-state index is -0.449. The molecule has 0 bridgehead atoms. The fourth-order valence-electron chi connectivity index (χ4n) is 3.64. The lowest BCUT2D eigenvalue weighted by Crippen LogP contribution is -2.31. The maximum atomic E-state index is 12.6. The second-order valence-corrected chi connectivity index (χ2v) is 7.71. The molecule has 0 aliphatic carbocycles. The standard InChI is InChI=1S/C22H26ClNO5/c1-14-9-19(15(2)24(14)7-4-8-27-3)20(25)13-29-22(26)17-10-16-11-18(23)5-6-21(16)28-12-17/h5-6,9,11,17H,4,7-8,10,12-13H2,1-3H3/t17-/m0/s1. The van der Waals surface area contributed by atoms with Gasteiger partial charge >= 0.3 is 5.97 Å². The number of ether oxygens (including phenoxy) is 3. The van der Waals surface area contributed by atoms with Crippen molar-refractivity contribution in [2.75, 3.05) is 26.9 Å². The van der Waals surface area contributed by atoms with Crippen LogP contribution in [0.15, 0.2) is 24.3 Å². The maximum absolute atomic E-state index is 12.6. The first kappa shape index (κ1) is 21.4. The van der Waals surface area contributed by atoms with E-state index < -0.39 is 11.9 Å². The van der Waals surface area contributed by atoms with E-state index in [-0.39, 0.29) is 19.0 Å². The van der Waals surface area contributed by atoms with Crippen LogP contribution in [0.4, 0.5) is 0 Å². The summed E-state index contributed by atoms with van der Waals surface area (Å²) in [4.78, 5) is 25.1. The molecule has 29 heavy (non-hydrogen) atoms. The van der Waals surface area contributed by atoms with Gasteiger partial charge in [-0.15, -0.1) is 0 Å². The number of aryl methyl sites for hydroxylation is 1. The maximum Gasteiger partial charge on any atom is 0.313 e. The Balaban J connectivity index is 1.58. The summed E-state index contributed by atoms with van der Waals surface area (Å²) in [5, 5.41) is 0.595. The van der Waals surface area contributed by atoms with Gasteiger partial charge in [0.1, 0.15) is 12.4 Å². The van der Waals surface area contributed by atoms with Gasteiger partial charge in [-0.25, -0.2) is 0 Å².